The number of alkyl halides is 3. The number of hydrogen-bond acceptors (Lipinski definition) is 8. The summed E-state index contributed by atoms with van der Waals surface area (Å²) < 4.78 is 47.9. The maximum absolute atomic E-state index is 13.7. The summed E-state index contributed by atoms with van der Waals surface area (Å²) in [5.74, 6) is -0.610. The molecule has 0 atom stereocenters. The number of imidazole rings is 1. The van der Waals surface area contributed by atoms with E-state index in [0.29, 0.717) is 40.4 Å². The molecule has 228 valence electrons. The predicted molar refractivity (Wildman–Crippen MR) is 163 cm³/mol. The molecule has 0 aliphatic rings. The van der Waals surface area contributed by atoms with Gasteiger partial charge in [-0.25, -0.2) is 15.0 Å². The van der Waals surface area contributed by atoms with E-state index >= 15 is 0 Å². The first-order valence-electron chi connectivity index (χ1n) is 13.5. The maximum Gasteiger partial charge on any atom is 0.449 e. The Balaban J connectivity index is 1.72. The molecule has 0 fully saturated rings. The second kappa shape index (κ2) is 12.7. The number of amides is 1. The highest BCUT2D eigenvalue weighted by molar-refractivity contribution is 6.02. The molecule has 2 N–H and O–H groups in total. The third-order valence-electron chi connectivity index (χ3n) is 6.71. The Kier molecular flexibility index (Phi) is 9.24. The van der Waals surface area contributed by atoms with Crippen molar-refractivity contribution >= 4 is 40.0 Å². The lowest BCUT2D eigenvalue weighted by atomic mass is 10.1. The number of nitrogens with zero attached hydrogens (tertiary/aromatic N) is 6. The Hall–Kier alpha value is -4.65. The monoisotopic (exact) mass is 596 g/mol. The SMILES string of the molecule is C=CC(=O)Nc1cc(Nc2nccc(-c3ccc4nc(C(F)(F)F)n(C(C)C)c4c3)n2)c(OC)cc1N(C)CCN(C)C. The molecule has 2 aromatic heterocycles. The molecule has 0 radical (unpaired) electrons. The lowest BCUT2D eigenvalue weighted by Gasteiger charge is -2.26. The van der Waals surface area contributed by atoms with Gasteiger partial charge in [0, 0.05) is 44.0 Å². The molecule has 2 aromatic carbocycles. The van der Waals surface area contributed by atoms with Crippen molar-refractivity contribution in [3.63, 3.8) is 0 Å². The molecule has 0 spiro atoms. The summed E-state index contributed by atoms with van der Waals surface area (Å²) in [6.45, 7) is 8.39. The Morgan fingerprint density at radius 2 is 1.84 bits per heavy atom. The average Bonchev–Trinajstić information content (AvgIpc) is 3.36. The fourth-order valence-electron chi connectivity index (χ4n) is 4.58. The molecular formula is C30H35F3N8O2. The fraction of sp³-hybridized carbons (Fsp3) is 0.333. The van der Waals surface area contributed by atoms with E-state index in [1.54, 1.807) is 56.4 Å². The van der Waals surface area contributed by atoms with Crippen molar-refractivity contribution in [1.82, 2.24) is 24.4 Å². The summed E-state index contributed by atoms with van der Waals surface area (Å²) in [5.41, 5.74) is 3.44. The van der Waals surface area contributed by atoms with Crippen LogP contribution in [-0.2, 0) is 11.0 Å². The van der Waals surface area contributed by atoms with Crippen LogP contribution < -0.4 is 20.3 Å². The van der Waals surface area contributed by atoms with Crippen LogP contribution in [0.1, 0.15) is 25.7 Å². The number of aromatic nitrogens is 4. The van der Waals surface area contributed by atoms with Gasteiger partial charge in [-0.2, -0.15) is 13.2 Å². The first kappa shape index (κ1) is 31.3. The Morgan fingerprint density at radius 3 is 2.47 bits per heavy atom. The second-order valence-corrected chi connectivity index (χ2v) is 10.5. The summed E-state index contributed by atoms with van der Waals surface area (Å²) in [7, 11) is 7.41. The van der Waals surface area contributed by atoms with Crippen LogP contribution in [0.3, 0.4) is 0 Å². The number of likely N-dealkylation sites (N-methyl/N-ethyl adjacent to an activating group) is 2. The first-order chi connectivity index (χ1) is 20.3. The number of anilines is 4. The number of rotatable bonds is 11. The zero-order chi connectivity index (χ0) is 31.5. The highest BCUT2D eigenvalue weighted by Crippen LogP contribution is 2.38. The lowest BCUT2D eigenvalue weighted by molar-refractivity contribution is -0.147. The molecule has 0 saturated heterocycles. The van der Waals surface area contributed by atoms with Crippen molar-refractivity contribution in [2.75, 3.05) is 56.9 Å². The van der Waals surface area contributed by atoms with E-state index in [9.17, 15) is 18.0 Å². The standard InChI is InChI=1S/C30H35F3N8O2/c1-8-27(42)35-22-16-23(26(43-7)17-24(22)40(6)14-13-39(4)5)38-29-34-12-11-20(37-29)19-9-10-21-25(15-19)41(18(2)3)28(36-21)30(31,32)33/h8-12,15-18H,1,13-14H2,2-7H3,(H,35,42)(H,34,37,38). The van der Waals surface area contributed by atoms with Crippen molar-refractivity contribution in [3.8, 4) is 17.0 Å². The smallest absolute Gasteiger partial charge is 0.449 e. The van der Waals surface area contributed by atoms with Gasteiger partial charge in [0.05, 0.1) is 40.9 Å². The van der Waals surface area contributed by atoms with Gasteiger partial charge in [0.1, 0.15) is 5.75 Å². The van der Waals surface area contributed by atoms with Crippen LogP contribution in [0.2, 0.25) is 0 Å². The van der Waals surface area contributed by atoms with Crippen molar-refractivity contribution in [1.29, 1.82) is 0 Å². The topological polar surface area (TPSA) is 100 Å². The molecule has 4 rings (SSSR count). The van der Waals surface area contributed by atoms with E-state index < -0.39 is 18.0 Å². The molecule has 0 bridgehead atoms. The van der Waals surface area contributed by atoms with Crippen LogP contribution in [0.5, 0.6) is 5.75 Å². The fourth-order valence-corrected chi connectivity index (χ4v) is 4.58. The van der Waals surface area contributed by atoms with Gasteiger partial charge in [-0.1, -0.05) is 12.6 Å². The Morgan fingerprint density at radius 1 is 1.09 bits per heavy atom. The van der Waals surface area contributed by atoms with Crippen molar-refractivity contribution in [2.24, 2.45) is 0 Å². The molecule has 1 amide bonds. The van der Waals surface area contributed by atoms with Crippen LogP contribution in [0, 0.1) is 0 Å². The molecule has 13 heteroatoms. The molecular weight excluding hydrogens is 561 g/mol. The highest BCUT2D eigenvalue weighted by atomic mass is 19.4. The van der Waals surface area contributed by atoms with Crippen molar-refractivity contribution in [3.05, 3.63) is 61.1 Å². The van der Waals surface area contributed by atoms with Crippen LogP contribution in [0.25, 0.3) is 22.3 Å². The number of fused-ring (bicyclic) bond motifs is 1. The van der Waals surface area contributed by atoms with Gasteiger partial charge < -0.3 is 29.7 Å². The maximum atomic E-state index is 13.7. The number of carbonyl (C=O) groups excluding carboxylic acids is 1. The summed E-state index contributed by atoms with van der Waals surface area (Å²) >= 11 is 0. The summed E-state index contributed by atoms with van der Waals surface area (Å²) in [5, 5.41) is 6.01. The molecule has 43 heavy (non-hydrogen) atoms. The van der Waals surface area contributed by atoms with Gasteiger partial charge in [0.15, 0.2) is 0 Å². The minimum atomic E-state index is -4.59. The normalized spacial score (nSPS) is 11.7. The molecule has 0 aliphatic carbocycles. The van der Waals surface area contributed by atoms with Crippen LogP contribution >= 0.6 is 0 Å². The number of hydrogen-bond donors (Lipinski definition) is 2. The van der Waals surface area contributed by atoms with Gasteiger partial charge >= 0.3 is 6.18 Å². The number of carbonyl (C=O) groups is 1. The zero-order valence-electron chi connectivity index (χ0n) is 25.0. The number of methoxy groups -OCH3 is 1. The largest absolute Gasteiger partial charge is 0.494 e. The number of nitrogens with one attached hydrogen (secondary N) is 2. The predicted octanol–water partition coefficient (Wildman–Crippen LogP) is 5.97. The summed E-state index contributed by atoms with van der Waals surface area (Å²) in [4.78, 5) is 29.1. The van der Waals surface area contributed by atoms with Gasteiger partial charge in [0.25, 0.3) is 0 Å². The quantitative estimate of drug-likeness (QED) is 0.205. The highest BCUT2D eigenvalue weighted by Gasteiger charge is 2.38. The van der Waals surface area contributed by atoms with E-state index in [1.807, 2.05) is 26.0 Å². The average molecular weight is 597 g/mol. The number of ether oxygens (including phenoxy) is 1. The van der Waals surface area contributed by atoms with E-state index in [1.165, 1.54) is 17.8 Å². The van der Waals surface area contributed by atoms with Gasteiger partial charge in [-0.3, -0.25) is 4.79 Å². The van der Waals surface area contributed by atoms with Crippen molar-refractivity contribution in [2.45, 2.75) is 26.1 Å². The molecule has 10 nitrogen and oxygen atoms in total. The van der Waals surface area contributed by atoms with Gasteiger partial charge in [0.2, 0.25) is 17.7 Å². The molecule has 0 unspecified atom stereocenters. The number of benzene rings is 2. The molecule has 4 aromatic rings. The third kappa shape index (κ3) is 7.05. The molecule has 0 aliphatic heterocycles. The first-order valence-corrected chi connectivity index (χ1v) is 13.5. The Bertz CT molecular complexity index is 1630. The summed E-state index contributed by atoms with van der Waals surface area (Å²) in [6, 6.07) is 9.61. The summed E-state index contributed by atoms with van der Waals surface area (Å²) in [6.07, 6.45) is -1.85. The van der Waals surface area contributed by atoms with E-state index in [4.69, 9.17) is 4.74 Å². The van der Waals surface area contributed by atoms with Crippen LogP contribution in [0.15, 0.2) is 55.3 Å². The van der Waals surface area contributed by atoms with E-state index in [-0.39, 0.29) is 17.4 Å². The van der Waals surface area contributed by atoms with E-state index in [2.05, 4.69) is 37.1 Å². The minimum Gasteiger partial charge on any atom is -0.494 e. The zero-order valence-corrected chi connectivity index (χ0v) is 25.0. The molecule has 0 saturated carbocycles. The molecule has 2 heterocycles. The number of halogens is 3. The van der Waals surface area contributed by atoms with E-state index in [0.717, 1.165) is 12.2 Å². The third-order valence-corrected chi connectivity index (χ3v) is 6.71. The van der Waals surface area contributed by atoms with Crippen LogP contribution in [-0.4, -0.2) is 71.7 Å². The van der Waals surface area contributed by atoms with Gasteiger partial charge in [-0.15, -0.1) is 0 Å². The van der Waals surface area contributed by atoms with Crippen LogP contribution in [0.4, 0.5) is 36.2 Å². The van der Waals surface area contributed by atoms with Gasteiger partial charge in [-0.05, 0) is 58.3 Å². The lowest BCUT2D eigenvalue weighted by Crippen LogP contribution is -2.29. The Labute approximate surface area is 248 Å². The van der Waals surface area contributed by atoms with Crippen molar-refractivity contribution < 1.29 is 22.7 Å². The second-order valence-electron chi connectivity index (χ2n) is 10.5. The minimum absolute atomic E-state index is 0.221.